The fourth-order valence-corrected chi connectivity index (χ4v) is 3.57. The van der Waals surface area contributed by atoms with Crippen molar-refractivity contribution in [2.45, 2.75) is 38.5 Å². The molecule has 1 aliphatic carbocycles. The number of nitrogens with zero attached hydrogens (tertiary/aromatic N) is 2. The third kappa shape index (κ3) is 3.96. The van der Waals surface area contributed by atoms with E-state index in [1.807, 2.05) is 19.0 Å². The Hall–Kier alpha value is -1.10. The summed E-state index contributed by atoms with van der Waals surface area (Å²) in [6, 6.07) is 0. The van der Waals surface area contributed by atoms with Gasteiger partial charge in [0.2, 0.25) is 11.8 Å². The minimum atomic E-state index is -0.103. The number of amides is 2. The van der Waals surface area contributed by atoms with Crippen LogP contribution in [0.3, 0.4) is 0 Å². The van der Waals surface area contributed by atoms with Crippen LogP contribution >= 0.6 is 0 Å². The van der Waals surface area contributed by atoms with Crippen molar-refractivity contribution in [2.75, 3.05) is 40.3 Å². The third-order valence-corrected chi connectivity index (χ3v) is 4.89. The highest BCUT2D eigenvalue weighted by Gasteiger charge is 2.39. The molecular formula is C16H29N3O2. The molecule has 2 rings (SSSR count). The van der Waals surface area contributed by atoms with E-state index in [0.717, 1.165) is 58.2 Å². The smallest absolute Gasteiger partial charge is 0.226 e. The van der Waals surface area contributed by atoms with Crippen molar-refractivity contribution in [3.63, 3.8) is 0 Å². The number of carbonyl (C=O) groups is 2. The Morgan fingerprint density at radius 3 is 2.33 bits per heavy atom. The second kappa shape index (κ2) is 7.78. The van der Waals surface area contributed by atoms with Gasteiger partial charge >= 0.3 is 0 Å². The van der Waals surface area contributed by atoms with E-state index in [-0.39, 0.29) is 23.7 Å². The zero-order valence-electron chi connectivity index (χ0n) is 13.4. The Bertz CT molecular complexity index is 367. The summed E-state index contributed by atoms with van der Waals surface area (Å²) in [5.41, 5.74) is 0. The Kier molecular flexibility index (Phi) is 6.03. The lowest BCUT2D eigenvalue weighted by Gasteiger charge is -2.34. The number of likely N-dealkylation sites (N-methyl/N-ethyl adjacent to an activating group) is 2. The van der Waals surface area contributed by atoms with E-state index in [1.165, 1.54) is 0 Å². The molecule has 5 nitrogen and oxygen atoms in total. The van der Waals surface area contributed by atoms with Crippen molar-refractivity contribution in [3.05, 3.63) is 0 Å². The van der Waals surface area contributed by atoms with Crippen molar-refractivity contribution in [2.24, 2.45) is 11.8 Å². The van der Waals surface area contributed by atoms with Crippen LogP contribution in [0, 0.1) is 11.8 Å². The molecule has 2 unspecified atom stereocenters. The molecule has 1 saturated heterocycles. The fraction of sp³-hybridized carbons (Fsp3) is 0.875. The Labute approximate surface area is 128 Å². The molecule has 21 heavy (non-hydrogen) atoms. The molecule has 120 valence electrons. The number of hydrogen-bond acceptors (Lipinski definition) is 3. The quantitative estimate of drug-likeness (QED) is 0.826. The predicted molar refractivity (Wildman–Crippen MR) is 82.8 cm³/mol. The molecule has 2 amide bonds. The van der Waals surface area contributed by atoms with Crippen molar-refractivity contribution in [3.8, 4) is 0 Å². The first-order valence-electron chi connectivity index (χ1n) is 8.33. The van der Waals surface area contributed by atoms with Gasteiger partial charge in [0, 0.05) is 45.1 Å². The molecule has 1 aliphatic heterocycles. The second-order valence-electron chi connectivity index (χ2n) is 6.39. The molecule has 1 heterocycles. The molecule has 0 radical (unpaired) electrons. The van der Waals surface area contributed by atoms with Crippen LogP contribution in [0.15, 0.2) is 0 Å². The summed E-state index contributed by atoms with van der Waals surface area (Å²) >= 11 is 0. The van der Waals surface area contributed by atoms with E-state index in [1.54, 1.807) is 4.90 Å². The van der Waals surface area contributed by atoms with Gasteiger partial charge in [0.25, 0.3) is 0 Å². The van der Waals surface area contributed by atoms with Gasteiger partial charge in [0.1, 0.15) is 0 Å². The van der Waals surface area contributed by atoms with Gasteiger partial charge in [-0.3, -0.25) is 9.59 Å². The maximum atomic E-state index is 12.7. The molecule has 2 atom stereocenters. The zero-order valence-corrected chi connectivity index (χ0v) is 13.4. The fourth-order valence-electron chi connectivity index (χ4n) is 3.57. The van der Waals surface area contributed by atoms with Crippen LogP contribution < -0.4 is 5.32 Å². The van der Waals surface area contributed by atoms with Crippen LogP contribution in [-0.4, -0.2) is 61.9 Å². The Morgan fingerprint density at radius 1 is 1.10 bits per heavy atom. The summed E-state index contributed by atoms with van der Waals surface area (Å²) in [5.74, 6) is 0.199. The minimum absolute atomic E-state index is 0.0821. The lowest BCUT2D eigenvalue weighted by Crippen LogP contribution is -2.46. The maximum absolute atomic E-state index is 12.7. The molecule has 0 aromatic rings. The first-order chi connectivity index (χ1) is 10.1. The highest BCUT2D eigenvalue weighted by Crippen LogP contribution is 2.33. The lowest BCUT2D eigenvalue weighted by molar-refractivity contribution is -0.146. The van der Waals surface area contributed by atoms with Crippen LogP contribution in [0.5, 0.6) is 0 Å². The normalized spacial score (nSPS) is 25.9. The van der Waals surface area contributed by atoms with Gasteiger partial charge in [-0.15, -0.1) is 0 Å². The lowest BCUT2D eigenvalue weighted by atomic mass is 9.77. The average molecular weight is 295 g/mol. The van der Waals surface area contributed by atoms with Gasteiger partial charge in [-0.2, -0.15) is 0 Å². The number of carbonyl (C=O) groups excluding carboxylic acids is 2. The van der Waals surface area contributed by atoms with Gasteiger partial charge in [-0.25, -0.2) is 0 Å². The molecule has 1 N–H and O–H groups in total. The standard InChI is InChI=1S/C16H29N3O2/c1-17-9-12-18(2)15(20)13-7-3-4-8-14(13)16(21)19-10-5-6-11-19/h13-14,17H,3-12H2,1-2H3. The predicted octanol–water partition coefficient (Wildman–Crippen LogP) is 1.09. The highest BCUT2D eigenvalue weighted by molar-refractivity contribution is 5.88. The molecular weight excluding hydrogens is 266 g/mol. The topological polar surface area (TPSA) is 52.7 Å². The van der Waals surface area contributed by atoms with Crippen LogP contribution in [0.4, 0.5) is 0 Å². The molecule has 0 spiro atoms. The van der Waals surface area contributed by atoms with Crippen molar-refractivity contribution in [1.82, 2.24) is 15.1 Å². The highest BCUT2D eigenvalue weighted by atomic mass is 16.2. The van der Waals surface area contributed by atoms with Crippen LogP contribution in [-0.2, 0) is 9.59 Å². The van der Waals surface area contributed by atoms with E-state index in [4.69, 9.17) is 0 Å². The van der Waals surface area contributed by atoms with Crippen molar-refractivity contribution in [1.29, 1.82) is 0 Å². The van der Waals surface area contributed by atoms with Gasteiger partial charge in [0.15, 0.2) is 0 Å². The molecule has 0 aromatic heterocycles. The van der Waals surface area contributed by atoms with Gasteiger partial charge in [-0.05, 0) is 32.7 Å². The van der Waals surface area contributed by atoms with E-state index < -0.39 is 0 Å². The van der Waals surface area contributed by atoms with Gasteiger partial charge in [0.05, 0.1) is 0 Å². The largest absolute Gasteiger partial charge is 0.344 e. The van der Waals surface area contributed by atoms with E-state index in [2.05, 4.69) is 5.32 Å². The average Bonchev–Trinajstić information content (AvgIpc) is 3.05. The van der Waals surface area contributed by atoms with E-state index in [0.29, 0.717) is 6.54 Å². The number of nitrogens with one attached hydrogen (secondary N) is 1. The summed E-state index contributed by atoms with van der Waals surface area (Å²) in [4.78, 5) is 29.1. The zero-order chi connectivity index (χ0) is 15.2. The maximum Gasteiger partial charge on any atom is 0.226 e. The molecule has 0 aromatic carbocycles. The number of likely N-dealkylation sites (tertiary alicyclic amines) is 1. The summed E-state index contributed by atoms with van der Waals surface area (Å²) in [6.45, 7) is 3.26. The van der Waals surface area contributed by atoms with E-state index in [9.17, 15) is 9.59 Å². The molecule has 0 bridgehead atoms. The first-order valence-corrected chi connectivity index (χ1v) is 8.33. The van der Waals surface area contributed by atoms with E-state index >= 15 is 0 Å². The SMILES string of the molecule is CNCCN(C)C(=O)C1CCCCC1C(=O)N1CCCC1. The molecule has 2 aliphatic rings. The van der Waals surface area contributed by atoms with Gasteiger partial charge in [-0.1, -0.05) is 12.8 Å². The summed E-state index contributed by atoms with van der Waals surface area (Å²) in [7, 11) is 3.74. The second-order valence-corrected chi connectivity index (χ2v) is 6.39. The number of rotatable bonds is 5. The summed E-state index contributed by atoms with van der Waals surface area (Å²) < 4.78 is 0. The van der Waals surface area contributed by atoms with Crippen LogP contribution in [0.2, 0.25) is 0 Å². The van der Waals surface area contributed by atoms with Crippen molar-refractivity contribution >= 4 is 11.8 Å². The van der Waals surface area contributed by atoms with Crippen LogP contribution in [0.1, 0.15) is 38.5 Å². The summed E-state index contributed by atoms with van der Waals surface area (Å²) in [6.07, 6.45) is 6.12. The third-order valence-electron chi connectivity index (χ3n) is 4.89. The van der Waals surface area contributed by atoms with Gasteiger partial charge < -0.3 is 15.1 Å². The monoisotopic (exact) mass is 295 g/mol. The summed E-state index contributed by atoms with van der Waals surface area (Å²) in [5, 5.41) is 3.07. The van der Waals surface area contributed by atoms with Crippen molar-refractivity contribution < 1.29 is 9.59 Å². The minimum Gasteiger partial charge on any atom is -0.344 e. The Balaban J connectivity index is 2.00. The first kappa shape index (κ1) is 16.3. The van der Waals surface area contributed by atoms with Crippen LogP contribution in [0.25, 0.3) is 0 Å². The molecule has 2 fully saturated rings. The molecule has 5 heteroatoms. The molecule has 1 saturated carbocycles. The number of hydrogen-bond donors (Lipinski definition) is 1. The Morgan fingerprint density at radius 2 is 1.71 bits per heavy atom.